The van der Waals surface area contributed by atoms with E-state index in [1.54, 1.807) is 20.8 Å². The number of halogens is 2. The molecule has 8 atom stereocenters. The van der Waals surface area contributed by atoms with E-state index in [-0.39, 0.29) is 18.3 Å². The van der Waals surface area contributed by atoms with E-state index < -0.39 is 70.2 Å². The van der Waals surface area contributed by atoms with E-state index in [0.29, 0.717) is 24.8 Å². The first-order valence-electron chi connectivity index (χ1n) is 11.3. The highest BCUT2D eigenvalue weighted by molar-refractivity contribution is 6.04. The number of carbonyl (C=O) groups is 2. The lowest BCUT2D eigenvalue weighted by atomic mass is 9.46. The van der Waals surface area contributed by atoms with Gasteiger partial charge in [0.15, 0.2) is 17.2 Å². The van der Waals surface area contributed by atoms with Gasteiger partial charge >= 0.3 is 0 Å². The minimum absolute atomic E-state index is 0.117. The normalized spacial score (nSPS) is 49.2. The molecule has 5 rings (SSSR count). The Kier molecular flexibility index (Phi) is 4.57. The summed E-state index contributed by atoms with van der Waals surface area (Å²) < 4.78 is 42.1. The van der Waals surface area contributed by atoms with Gasteiger partial charge < -0.3 is 19.7 Å². The van der Waals surface area contributed by atoms with Crippen molar-refractivity contribution < 1.29 is 38.1 Å². The molecule has 0 aromatic heterocycles. The van der Waals surface area contributed by atoms with Crippen molar-refractivity contribution in [1.29, 1.82) is 0 Å². The topological polar surface area (TPSA) is 93.1 Å². The maximum atomic E-state index is 15.3. The van der Waals surface area contributed by atoms with E-state index in [4.69, 9.17) is 9.47 Å². The molecule has 2 unspecified atom stereocenters. The maximum absolute atomic E-state index is 15.3. The summed E-state index contributed by atoms with van der Waals surface area (Å²) in [5.41, 5.74) is -3.17. The first-order valence-corrected chi connectivity index (χ1v) is 11.3. The van der Waals surface area contributed by atoms with Gasteiger partial charge in [-0.05, 0) is 64.4 Å². The molecule has 4 fully saturated rings. The average molecular weight is 452 g/mol. The number of hydrogen-bond donors (Lipinski definition) is 2. The molecule has 5 aliphatic rings. The predicted molar refractivity (Wildman–Crippen MR) is 108 cm³/mol. The molecular weight excluding hydrogens is 422 g/mol. The van der Waals surface area contributed by atoms with Crippen LogP contribution >= 0.6 is 0 Å². The first-order chi connectivity index (χ1) is 14.8. The van der Waals surface area contributed by atoms with E-state index >= 15 is 4.39 Å². The van der Waals surface area contributed by atoms with Crippen LogP contribution in [0.3, 0.4) is 0 Å². The molecule has 6 nitrogen and oxygen atoms in total. The zero-order chi connectivity index (χ0) is 23.4. The van der Waals surface area contributed by atoms with E-state index in [1.165, 1.54) is 6.08 Å². The molecule has 0 aromatic carbocycles. The highest BCUT2D eigenvalue weighted by atomic mass is 19.2. The molecule has 0 amide bonds. The molecule has 176 valence electrons. The Hall–Kier alpha value is -1.48. The Balaban J connectivity index is 1.62. The van der Waals surface area contributed by atoms with E-state index in [2.05, 4.69) is 0 Å². The van der Waals surface area contributed by atoms with Gasteiger partial charge in [-0.15, -0.1) is 0 Å². The SMILES string of the molecule is CC1(C)OC2C[C@H]3[C@@H]4CCC5=CC(=O)C(F)=C(F)[C@]5(C)[C@H]4C(O)C[C@]3(C)[C@]2(C(=O)CO)O1. The number of carbonyl (C=O) groups excluding carboxylic acids is 2. The van der Waals surface area contributed by atoms with Crippen molar-refractivity contribution in [3.05, 3.63) is 23.3 Å². The summed E-state index contributed by atoms with van der Waals surface area (Å²) in [4.78, 5) is 25.1. The highest BCUT2D eigenvalue weighted by Gasteiger charge is 2.77. The molecule has 1 aliphatic heterocycles. The predicted octanol–water partition coefficient (Wildman–Crippen LogP) is 2.92. The molecule has 2 N–H and O–H groups in total. The summed E-state index contributed by atoms with van der Waals surface area (Å²) in [6.45, 7) is 6.19. The van der Waals surface area contributed by atoms with Crippen LogP contribution in [0.1, 0.15) is 53.4 Å². The lowest BCUT2D eigenvalue weighted by molar-refractivity contribution is -0.226. The Bertz CT molecular complexity index is 972. The van der Waals surface area contributed by atoms with Crippen LogP contribution in [0, 0.1) is 28.6 Å². The highest BCUT2D eigenvalue weighted by Crippen LogP contribution is 2.71. The van der Waals surface area contributed by atoms with Gasteiger partial charge in [0, 0.05) is 16.7 Å². The molecule has 1 heterocycles. The monoisotopic (exact) mass is 452 g/mol. The molecule has 1 saturated heterocycles. The molecule has 32 heavy (non-hydrogen) atoms. The van der Waals surface area contributed by atoms with Crippen LogP contribution in [0.2, 0.25) is 0 Å². The fourth-order valence-electron chi connectivity index (χ4n) is 8.14. The third-order valence-electron chi connectivity index (χ3n) is 9.26. The zero-order valence-electron chi connectivity index (χ0n) is 18.8. The van der Waals surface area contributed by atoms with Crippen molar-refractivity contribution in [2.75, 3.05) is 6.61 Å². The quantitative estimate of drug-likeness (QED) is 0.669. The van der Waals surface area contributed by atoms with Crippen LogP contribution < -0.4 is 0 Å². The second-order valence-electron chi connectivity index (χ2n) is 11.0. The summed E-state index contributed by atoms with van der Waals surface area (Å²) >= 11 is 0. The molecule has 0 spiro atoms. The number of allylic oxidation sites excluding steroid dienone is 4. The number of ether oxygens (including phenoxy) is 2. The fourth-order valence-corrected chi connectivity index (χ4v) is 8.14. The summed E-state index contributed by atoms with van der Waals surface area (Å²) in [7, 11) is 0. The lowest BCUT2D eigenvalue weighted by Gasteiger charge is -2.60. The molecule has 8 heteroatoms. The molecular formula is C24H30F2O6. The van der Waals surface area contributed by atoms with Gasteiger partial charge in [0.05, 0.1) is 12.2 Å². The Morgan fingerprint density at radius 1 is 1.25 bits per heavy atom. The smallest absolute Gasteiger partial charge is 0.216 e. The van der Waals surface area contributed by atoms with Crippen LogP contribution in [0.5, 0.6) is 0 Å². The average Bonchev–Trinajstić information content (AvgIpc) is 3.12. The van der Waals surface area contributed by atoms with E-state index in [9.17, 15) is 24.2 Å². The Morgan fingerprint density at radius 2 is 1.94 bits per heavy atom. The van der Waals surface area contributed by atoms with Crippen LogP contribution in [0.4, 0.5) is 8.78 Å². The Morgan fingerprint density at radius 3 is 2.59 bits per heavy atom. The van der Waals surface area contributed by atoms with Crippen molar-refractivity contribution in [2.24, 2.45) is 28.6 Å². The third-order valence-corrected chi connectivity index (χ3v) is 9.26. The van der Waals surface area contributed by atoms with Crippen LogP contribution in [-0.2, 0) is 19.1 Å². The minimum atomic E-state index is -1.42. The van der Waals surface area contributed by atoms with Crippen LogP contribution in [0.25, 0.3) is 0 Å². The van der Waals surface area contributed by atoms with E-state index in [0.717, 1.165) is 0 Å². The minimum Gasteiger partial charge on any atom is -0.393 e. The van der Waals surface area contributed by atoms with Gasteiger partial charge in [0.1, 0.15) is 12.4 Å². The zero-order valence-corrected chi connectivity index (χ0v) is 18.8. The summed E-state index contributed by atoms with van der Waals surface area (Å²) in [5.74, 6) is -6.01. The van der Waals surface area contributed by atoms with Crippen LogP contribution in [0.15, 0.2) is 23.3 Å². The molecule has 4 aliphatic carbocycles. The maximum Gasteiger partial charge on any atom is 0.216 e. The summed E-state index contributed by atoms with van der Waals surface area (Å²) in [5, 5.41) is 21.2. The summed E-state index contributed by atoms with van der Waals surface area (Å²) in [6, 6.07) is 0. The van der Waals surface area contributed by atoms with Gasteiger partial charge in [0.2, 0.25) is 11.6 Å². The number of rotatable bonds is 2. The van der Waals surface area contributed by atoms with Gasteiger partial charge in [-0.25, -0.2) is 4.39 Å². The number of aliphatic hydroxyl groups is 2. The van der Waals surface area contributed by atoms with Crippen molar-refractivity contribution in [3.8, 4) is 0 Å². The van der Waals surface area contributed by atoms with Crippen molar-refractivity contribution >= 4 is 11.6 Å². The van der Waals surface area contributed by atoms with Crippen molar-refractivity contribution in [1.82, 2.24) is 0 Å². The second-order valence-corrected chi connectivity index (χ2v) is 11.0. The van der Waals surface area contributed by atoms with Gasteiger partial charge in [-0.1, -0.05) is 12.5 Å². The number of aliphatic hydroxyl groups excluding tert-OH is 2. The second kappa shape index (κ2) is 6.56. The standard InChI is InChI=1S/C24H30F2O6/c1-21(2)31-17-8-13-12-6-5-11-7-14(28)19(25)20(26)23(11,4)18(12)15(29)9-22(13,3)24(17,32-21)16(30)10-27/h7,12-13,15,17-18,27,29H,5-6,8-10H2,1-4H3/t12-,13-,15?,17?,18+,22-,23-,24+/m0/s1. The summed E-state index contributed by atoms with van der Waals surface area (Å²) in [6.07, 6.45) is 1.08. The number of Topliss-reactive ketones (excluding diaryl/α,β-unsaturated/α-hetero) is 1. The van der Waals surface area contributed by atoms with Crippen LogP contribution in [-0.4, -0.2) is 52.0 Å². The van der Waals surface area contributed by atoms with E-state index in [1.807, 2.05) is 6.92 Å². The van der Waals surface area contributed by atoms with Gasteiger partial charge in [-0.2, -0.15) is 4.39 Å². The molecule has 0 radical (unpaired) electrons. The molecule has 0 bridgehead atoms. The third kappa shape index (κ3) is 2.42. The lowest BCUT2D eigenvalue weighted by Crippen LogP contribution is -2.64. The fraction of sp³-hybridized carbons (Fsp3) is 0.750. The number of fused-ring (bicyclic) bond motifs is 7. The van der Waals surface area contributed by atoms with Crippen molar-refractivity contribution in [3.63, 3.8) is 0 Å². The van der Waals surface area contributed by atoms with Gasteiger partial charge in [0.25, 0.3) is 0 Å². The molecule has 0 aromatic rings. The first kappa shape index (κ1) is 22.3. The number of ketones is 2. The molecule has 3 saturated carbocycles. The van der Waals surface area contributed by atoms with Crippen molar-refractivity contribution in [2.45, 2.75) is 77.0 Å². The van der Waals surface area contributed by atoms with Gasteiger partial charge in [-0.3, -0.25) is 9.59 Å². The Labute approximate surface area is 185 Å². The largest absolute Gasteiger partial charge is 0.393 e. The number of hydrogen-bond acceptors (Lipinski definition) is 6.